The van der Waals surface area contributed by atoms with Gasteiger partial charge in [0.1, 0.15) is 0 Å². The summed E-state index contributed by atoms with van der Waals surface area (Å²) >= 11 is 0. The second-order valence-electron chi connectivity index (χ2n) is 4.42. The van der Waals surface area contributed by atoms with E-state index in [9.17, 15) is 13.2 Å². The molecule has 7 nitrogen and oxygen atoms in total. The summed E-state index contributed by atoms with van der Waals surface area (Å²) in [7, 11) is -0.274. The van der Waals surface area contributed by atoms with Gasteiger partial charge in [-0.2, -0.15) is 17.0 Å². The Kier molecular flexibility index (Phi) is 5.51. The average Bonchev–Trinajstić information content (AvgIpc) is 2.29. The van der Waals surface area contributed by atoms with E-state index in [1.54, 1.807) is 0 Å². The van der Waals surface area contributed by atoms with Crippen LogP contribution in [0.25, 0.3) is 0 Å². The summed E-state index contributed by atoms with van der Waals surface area (Å²) < 4.78 is 26.4. The Labute approximate surface area is 109 Å². The first-order valence-corrected chi connectivity index (χ1v) is 7.44. The molecule has 0 bridgehead atoms. The number of amides is 1. The normalized spacial score (nSPS) is 19.1. The monoisotopic (exact) mass is 278 g/mol. The number of hydrogen-bond donors (Lipinski definition) is 1. The Morgan fingerprint density at radius 3 is 2.22 bits per heavy atom. The minimum absolute atomic E-state index is 0.0126. The maximum atomic E-state index is 11.9. The van der Waals surface area contributed by atoms with E-state index in [-0.39, 0.29) is 5.91 Å². The molecule has 8 heteroatoms. The van der Waals surface area contributed by atoms with Gasteiger partial charge in [-0.05, 0) is 6.92 Å². The second kappa shape index (κ2) is 6.46. The Balaban J connectivity index is 2.44. The van der Waals surface area contributed by atoms with Crippen LogP contribution in [0.1, 0.15) is 6.92 Å². The predicted molar refractivity (Wildman–Crippen MR) is 69.3 cm³/mol. The smallest absolute Gasteiger partial charge is 0.281 e. The maximum absolute atomic E-state index is 11.9. The zero-order chi connectivity index (χ0) is 13.8. The molecule has 0 atom stereocenters. The van der Waals surface area contributed by atoms with Crippen LogP contribution in [-0.2, 0) is 15.0 Å². The average molecular weight is 278 g/mol. The lowest BCUT2D eigenvalue weighted by atomic mass is 10.3. The lowest BCUT2D eigenvalue weighted by molar-refractivity contribution is -0.122. The fourth-order valence-electron chi connectivity index (χ4n) is 1.81. The molecule has 1 fully saturated rings. The molecule has 1 heterocycles. The van der Waals surface area contributed by atoms with Crippen LogP contribution >= 0.6 is 0 Å². The highest BCUT2D eigenvalue weighted by atomic mass is 32.2. The summed E-state index contributed by atoms with van der Waals surface area (Å²) in [5.41, 5.74) is 0. The highest BCUT2D eigenvalue weighted by molar-refractivity contribution is 7.86. The summed E-state index contributed by atoms with van der Waals surface area (Å²) in [6, 6.07) is 0. The molecule has 1 amide bonds. The van der Waals surface area contributed by atoms with Gasteiger partial charge in [-0.25, -0.2) is 0 Å². The standard InChI is InChI=1S/C10H22N4O3S/c1-4-11-10(15)9-13-5-7-14(8-6-13)18(16,17)12(2)3/h4-9H2,1-3H3,(H,11,15). The van der Waals surface area contributed by atoms with E-state index in [1.807, 2.05) is 11.8 Å². The van der Waals surface area contributed by atoms with Crippen LogP contribution in [0.3, 0.4) is 0 Å². The van der Waals surface area contributed by atoms with Crippen LogP contribution in [0.2, 0.25) is 0 Å². The van der Waals surface area contributed by atoms with Crippen LogP contribution in [0.15, 0.2) is 0 Å². The number of nitrogens with one attached hydrogen (secondary N) is 1. The SMILES string of the molecule is CCNC(=O)CN1CCN(S(=O)(=O)N(C)C)CC1. The zero-order valence-corrected chi connectivity index (χ0v) is 12.0. The van der Waals surface area contributed by atoms with Crippen LogP contribution in [0.5, 0.6) is 0 Å². The lowest BCUT2D eigenvalue weighted by Crippen LogP contribution is -2.53. The van der Waals surface area contributed by atoms with E-state index in [2.05, 4.69) is 5.32 Å². The van der Waals surface area contributed by atoms with Crippen molar-refractivity contribution in [3.05, 3.63) is 0 Å². The van der Waals surface area contributed by atoms with Crippen molar-refractivity contribution in [1.82, 2.24) is 18.8 Å². The number of carbonyl (C=O) groups is 1. The number of carbonyl (C=O) groups excluding carboxylic acids is 1. The Morgan fingerprint density at radius 2 is 1.78 bits per heavy atom. The molecule has 1 rings (SSSR count). The molecular formula is C10H22N4O3S. The molecule has 106 valence electrons. The number of hydrogen-bond acceptors (Lipinski definition) is 4. The maximum Gasteiger partial charge on any atom is 0.281 e. The van der Waals surface area contributed by atoms with Gasteiger partial charge in [-0.3, -0.25) is 9.69 Å². The van der Waals surface area contributed by atoms with Crippen molar-refractivity contribution >= 4 is 16.1 Å². The Hall–Kier alpha value is -0.700. The van der Waals surface area contributed by atoms with Gasteiger partial charge in [-0.1, -0.05) is 0 Å². The summed E-state index contributed by atoms with van der Waals surface area (Å²) in [5, 5.41) is 2.73. The highest BCUT2D eigenvalue weighted by Gasteiger charge is 2.28. The molecule has 18 heavy (non-hydrogen) atoms. The van der Waals surface area contributed by atoms with E-state index in [4.69, 9.17) is 0 Å². The van der Waals surface area contributed by atoms with Gasteiger partial charge in [0.2, 0.25) is 5.91 Å². The van der Waals surface area contributed by atoms with Gasteiger partial charge < -0.3 is 5.32 Å². The van der Waals surface area contributed by atoms with E-state index in [0.29, 0.717) is 39.3 Å². The summed E-state index contributed by atoms with van der Waals surface area (Å²) in [4.78, 5) is 13.4. The Bertz CT molecular complexity index is 375. The molecule has 0 unspecified atom stereocenters. The van der Waals surface area contributed by atoms with E-state index >= 15 is 0 Å². The first kappa shape index (κ1) is 15.4. The predicted octanol–water partition coefficient (Wildman–Crippen LogP) is -1.45. The molecule has 0 saturated carbocycles. The van der Waals surface area contributed by atoms with E-state index < -0.39 is 10.2 Å². The largest absolute Gasteiger partial charge is 0.355 e. The second-order valence-corrected chi connectivity index (χ2v) is 6.56. The number of rotatable bonds is 5. The Morgan fingerprint density at radius 1 is 1.22 bits per heavy atom. The first-order valence-electron chi connectivity index (χ1n) is 6.04. The number of nitrogens with zero attached hydrogens (tertiary/aromatic N) is 3. The highest BCUT2D eigenvalue weighted by Crippen LogP contribution is 2.09. The van der Waals surface area contributed by atoms with Crippen molar-refractivity contribution in [3.63, 3.8) is 0 Å². The fraction of sp³-hybridized carbons (Fsp3) is 0.900. The number of likely N-dealkylation sites (N-methyl/N-ethyl adjacent to an activating group) is 1. The molecule has 0 aromatic carbocycles. The summed E-state index contributed by atoms with van der Waals surface area (Å²) in [6.07, 6.45) is 0. The van der Waals surface area contributed by atoms with Crippen molar-refractivity contribution in [2.75, 3.05) is 53.4 Å². The van der Waals surface area contributed by atoms with Gasteiger partial charge in [0.05, 0.1) is 6.54 Å². The van der Waals surface area contributed by atoms with E-state index in [1.165, 1.54) is 22.7 Å². The van der Waals surface area contributed by atoms with Crippen molar-refractivity contribution in [2.24, 2.45) is 0 Å². The minimum atomic E-state index is -3.32. The first-order chi connectivity index (χ1) is 8.37. The third-order valence-corrected chi connectivity index (χ3v) is 4.80. The zero-order valence-electron chi connectivity index (χ0n) is 11.2. The molecule has 0 aliphatic carbocycles. The molecule has 1 aliphatic heterocycles. The van der Waals surface area contributed by atoms with Gasteiger partial charge >= 0.3 is 0 Å². The summed E-state index contributed by atoms with van der Waals surface area (Å²) in [6.45, 7) is 4.87. The van der Waals surface area contributed by atoms with Crippen LogP contribution in [0, 0.1) is 0 Å². The van der Waals surface area contributed by atoms with Crippen LogP contribution in [0.4, 0.5) is 0 Å². The summed E-state index contributed by atoms with van der Waals surface area (Å²) in [5.74, 6) is -0.0126. The molecule has 1 saturated heterocycles. The van der Waals surface area contributed by atoms with Gasteiger partial charge in [0, 0.05) is 46.8 Å². The van der Waals surface area contributed by atoms with Crippen molar-refractivity contribution in [1.29, 1.82) is 0 Å². The van der Waals surface area contributed by atoms with Gasteiger partial charge in [0.25, 0.3) is 10.2 Å². The molecule has 0 aromatic heterocycles. The molecule has 0 radical (unpaired) electrons. The molecule has 0 aromatic rings. The van der Waals surface area contributed by atoms with Crippen molar-refractivity contribution < 1.29 is 13.2 Å². The quantitative estimate of drug-likeness (QED) is 0.667. The third kappa shape index (κ3) is 3.91. The van der Waals surface area contributed by atoms with E-state index in [0.717, 1.165) is 0 Å². The van der Waals surface area contributed by atoms with Gasteiger partial charge in [0.15, 0.2) is 0 Å². The van der Waals surface area contributed by atoms with Crippen LogP contribution < -0.4 is 5.32 Å². The topological polar surface area (TPSA) is 73.0 Å². The molecular weight excluding hydrogens is 256 g/mol. The van der Waals surface area contributed by atoms with Crippen LogP contribution in [-0.4, -0.2) is 81.2 Å². The van der Waals surface area contributed by atoms with Crippen molar-refractivity contribution in [2.45, 2.75) is 6.92 Å². The third-order valence-electron chi connectivity index (χ3n) is 2.86. The lowest BCUT2D eigenvalue weighted by Gasteiger charge is -2.34. The fourth-order valence-corrected chi connectivity index (χ4v) is 2.89. The molecule has 1 aliphatic rings. The minimum Gasteiger partial charge on any atom is -0.355 e. The molecule has 0 spiro atoms. The number of piperazine rings is 1. The molecule has 1 N–H and O–H groups in total. The van der Waals surface area contributed by atoms with Crippen molar-refractivity contribution in [3.8, 4) is 0 Å². The van der Waals surface area contributed by atoms with Gasteiger partial charge in [-0.15, -0.1) is 0 Å².